The number of aromatic nitrogens is 1. The SMILES string of the molecule is COc1ccc(/C(O)=C2/C(=O)C(=O)N(Cc3cccs3)C2c2cccnc2)c(C)c1. The van der Waals surface area contributed by atoms with Crippen molar-refractivity contribution in [1.29, 1.82) is 0 Å². The van der Waals surface area contributed by atoms with Crippen LogP contribution in [-0.4, -0.2) is 33.8 Å². The zero-order valence-corrected chi connectivity index (χ0v) is 17.3. The minimum atomic E-state index is -0.720. The van der Waals surface area contributed by atoms with E-state index in [9.17, 15) is 14.7 Å². The third kappa shape index (κ3) is 3.48. The Kier molecular flexibility index (Phi) is 5.37. The molecule has 3 aromatic rings. The number of thiophene rings is 1. The van der Waals surface area contributed by atoms with Crippen LogP contribution in [0.3, 0.4) is 0 Å². The summed E-state index contributed by atoms with van der Waals surface area (Å²) in [5.41, 5.74) is 1.96. The van der Waals surface area contributed by atoms with Crippen LogP contribution in [-0.2, 0) is 16.1 Å². The number of methoxy groups -OCH3 is 1. The zero-order valence-electron chi connectivity index (χ0n) is 16.5. The molecule has 1 unspecified atom stereocenters. The summed E-state index contributed by atoms with van der Waals surface area (Å²) < 4.78 is 5.23. The molecule has 6 nitrogen and oxygen atoms in total. The van der Waals surface area contributed by atoms with Gasteiger partial charge in [-0.25, -0.2) is 0 Å². The molecule has 3 heterocycles. The van der Waals surface area contributed by atoms with E-state index in [1.54, 1.807) is 49.8 Å². The molecule has 0 saturated carbocycles. The van der Waals surface area contributed by atoms with Crippen molar-refractivity contribution in [2.24, 2.45) is 0 Å². The largest absolute Gasteiger partial charge is 0.507 e. The van der Waals surface area contributed by atoms with Gasteiger partial charge in [-0.2, -0.15) is 0 Å². The smallest absolute Gasteiger partial charge is 0.295 e. The van der Waals surface area contributed by atoms with E-state index in [4.69, 9.17) is 4.74 Å². The minimum absolute atomic E-state index is 0.0674. The van der Waals surface area contributed by atoms with Gasteiger partial charge in [0.05, 0.1) is 25.3 Å². The molecular formula is C23H20N2O4S. The summed E-state index contributed by atoms with van der Waals surface area (Å²) in [6.07, 6.45) is 3.24. The van der Waals surface area contributed by atoms with Gasteiger partial charge in [-0.05, 0) is 53.8 Å². The summed E-state index contributed by atoms with van der Waals surface area (Å²) >= 11 is 1.51. The molecule has 1 aliphatic heterocycles. The second kappa shape index (κ2) is 8.12. The molecule has 30 heavy (non-hydrogen) atoms. The van der Waals surface area contributed by atoms with Gasteiger partial charge in [0.25, 0.3) is 11.7 Å². The summed E-state index contributed by atoms with van der Waals surface area (Å²) in [6.45, 7) is 2.10. The number of ketones is 1. The first-order chi connectivity index (χ1) is 14.5. The van der Waals surface area contributed by atoms with Gasteiger partial charge in [-0.1, -0.05) is 12.1 Å². The highest BCUT2D eigenvalue weighted by molar-refractivity contribution is 7.09. The molecule has 1 aromatic carbocycles. The van der Waals surface area contributed by atoms with Gasteiger partial charge in [0.15, 0.2) is 0 Å². The monoisotopic (exact) mass is 420 g/mol. The highest BCUT2D eigenvalue weighted by Gasteiger charge is 2.46. The van der Waals surface area contributed by atoms with E-state index >= 15 is 0 Å². The fourth-order valence-electron chi connectivity index (χ4n) is 3.67. The molecule has 2 aromatic heterocycles. The van der Waals surface area contributed by atoms with Crippen LogP contribution in [0.2, 0.25) is 0 Å². The van der Waals surface area contributed by atoms with Crippen molar-refractivity contribution < 1.29 is 19.4 Å². The fourth-order valence-corrected chi connectivity index (χ4v) is 4.37. The summed E-state index contributed by atoms with van der Waals surface area (Å²) in [5, 5.41) is 13.1. The number of carbonyl (C=O) groups is 2. The quantitative estimate of drug-likeness (QED) is 0.382. The average molecular weight is 420 g/mol. The molecule has 0 aliphatic carbocycles. The highest BCUT2D eigenvalue weighted by Crippen LogP contribution is 2.41. The van der Waals surface area contributed by atoms with Gasteiger partial charge in [0.2, 0.25) is 0 Å². The highest BCUT2D eigenvalue weighted by atomic mass is 32.1. The lowest BCUT2D eigenvalue weighted by atomic mass is 9.94. The Morgan fingerprint density at radius 2 is 2.07 bits per heavy atom. The third-order valence-corrected chi connectivity index (χ3v) is 6.00. The third-order valence-electron chi connectivity index (χ3n) is 5.14. The van der Waals surface area contributed by atoms with E-state index in [1.165, 1.54) is 16.2 Å². The molecule has 1 aliphatic rings. The van der Waals surface area contributed by atoms with Gasteiger partial charge in [-0.3, -0.25) is 14.6 Å². The number of likely N-dealkylation sites (tertiary alicyclic amines) is 1. The number of Topliss-reactive ketones (excluding diaryl/α,β-unsaturated/α-hetero) is 1. The van der Waals surface area contributed by atoms with Crippen molar-refractivity contribution in [1.82, 2.24) is 9.88 Å². The van der Waals surface area contributed by atoms with Crippen LogP contribution >= 0.6 is 11.3 Å². The number of amides is 1. The number of rotatable bonds is 5. The lowest BCUT2D eigenvalue weighted by Crippen LogP contribution is -2.28. The standard InChI is InChI=1S/C23H20N2O4S/c1-14-11-16(29-2)7-8-18(14)21(26)19-20(15-5-3-9-24-12-15)25(23(28)22(19)27)13-17-6-4-10-30-17/h3-12,20,26H,13H2,1-2H3/b21-19-. The Labute approximate surface area is 178 Å². The molecule has 0 spiro atoms. The molecule has 1 N–H and O–H groups in total. The van der Waals surface area contributed by atoms with Crippen molar-refractivity contribution in [3.63, 3.8) is 0 Å². The lowest BCUT2D eigenvalue weighted by Gasteiger charge is -2.24. The van der Waals surface area contributed by atoms with Crippen LogP contribution in [0.25, 0.3) is 5.76 Å². The number of ether oxygens (including phenoxy) is 1. The first kappa shape index (κ1) is 19.8. The van der Waals surface area contributed by atoms with E-state index in [2.05, 4.69) is 4.98 Å². The van der Waals surface area contributed by atoms with Crippen molar-refractivity contribution in [2.45, 2.75) is 19.5 Å². The Morgan fingerprint density at radius 3 is 2.70 bits per heavy atom. The maximum absolute atomic E-state index is 13.0. The Balaban J connectivity index is 1.87. The summed E-state index contributed by atoms with van der Waals surface area (Å²) in [6, 6.07) is 11.8. The first-order valence-corrected chi connectivity index (χ1v) is 10.2. The maximum Gasteiger partial charge on any atom is 0.295 e. The van der Waals surface area contributed by atoms with Crippen molar-refractivity contribution in [3.05, 3.63) is 87.4 Å². The van der Waals surface area contributed by atoms with Crippen LogP contribution in [0, 0.1) is 6.92 Å². The Hall–Kier alpha value is -3.45. The molecule has 1 atom stereocenters. The number of aryl methyl sites for hydroxylation is 1. The van der Waals surface area contributed by atoms with E-state index in [0.29, 0.717) is 16.9 Å². The van der Waals surface area contributed by atoms with Crippen LogP contribution in [0.4, 0.5) is 0 Å². The van der Waals surface area contributed by atoms with Crippen LogP contribution in [0.1, 0.15) is 27.6 Å². The van der Waals surface area contributed by atoms with Crippen molar-refractivity contribution >= 4 is 28.8 Å². The Morgan fingerprint density at radius 1 is 1.23 bits per heavy atom. The number of aliphatic hydroxyl groups excluding tert-OH is 1. The summed E-state index contributed by atoms with van der Waals surface area (Å²) in [7, 11) is 1.56. The van der Waals surface area contributed by atoms with Gasteiger partial charge in [0.1, 0.15) is 11.5 Å². The van der Waals surface area contributed by atoms with Gasteiger partial charge in [-0.15, -0.1) is 11.3 Å². The predicted octanol–water partition coefficient (Wildman–Crippen LogP) is 4.08. The number of pyridine rings is 1. The average Bonchev–Trinajstić information content (AvgIpc) is 3.36. The number of carbonyl (C=O) groups excluding carboxylic acids is 2. The molecule has 0 bridgehead atoms. The topological polar surface area (TPSA) is 79.7 Å². The first-order valence-electron chi connectivity index (χ1n) is 9.37. The number of benzene rings is 1. The predicted molar refractivity (Wildman–Crippen MR) is 114 cm³/mol. The molecule has 7 heteroatoms. The van der Waals surface area contributed by atoms with E-state index in [0.717, 1.165) is 10.4 Å². The number of hydrogen-bond acceptors (Lipinski definition) is 6. The van der Waals surface area contributed by atoms with Gasteiger partial charge >= 0.3 is 0 Å². The van der Waals surface area contributed by atoms with Gasteiger partial charge in [0, 0.05) is 22.8 Å². The van der Waals surface area contributed by atoms with Crippen LogP contribution < -0.4 is 4.74 Å². The number of nitrogens with zero attached hydrogens (tertiary/aromatic N) is 2. The molecule has 4 rings (SSSR count). The molecule has 152 valence electrons. The van der Waals surface area contributed by atoms with Crippen LogP contribution in [0.5, 0.6) is 5.75 Å². The second-order valence-corrected chi connectivity index (χ2v) is 8.01. The van der Waals surface area contributed by atoms with Crippen LogP contribution in [0.15, 0.2) is 65.8 Å². The minimum Gasteiger partial charge on any atom is -0.507 e. The van der Waals surface area contributed by atoms with Crippen molar-refractivity contribution in [2.75, 3.05) is 7.11 Å². The lowest BCUT2D eigenvalue weighted by molar-refractivity contribution is -0.140. The Bertz CT molecular complexity index is 1120. The molecule has 0 radical (unpaired) electrons. The zero-order chi connectivity index (χ0) is 21.3. The van der Waals surface area contributed by atoms with E-state index in [-0.39, 0.29) is 17.9 Å². The maximum atomic E-state index is 13.0. The second-order valence-electron chi connectivity index (χ2n) is 6.97. The molecule has 1 fully saturated rings. The molecule has 1 amide bonds. The van der Waals surface area contributed by atoms with E-state index < -0.39 is 17.7 Å². The number of aliphatic hydroxyl groups is 1. The molecule has 1 saturated heterocycles. The summed E-state index contributed by atoms with van der Waals surface area (Å²) in [4.78, 5) is 32.6. The van der Waals surface area contributed by atoms with E-state index in [1.807, 2.05) is 24.4 Å². The molecular weight excluding hydrogens is 400 g/mol. The van der Waals surface area contributed by atoms with Crippen molar-refractivity contribution in [3.8, 4) is 5.75 Å². The van der Waals surface area contributed by atoms with Gasteiger partial charge < -0.3 is 14.7 Å². The summed E-state index contributed by atoms with van der Waals surface area (Å²) in [5.74, 6) is -0.889. The normalized spacial score (nSPS) is 18.1. The number of hydrogen-bond donors (Lipinski definition) is 1. The fraction of sp³-hybridized carbons (Fsp3) is 0.174.